The van der Waals surface area contributed by atoms with Crippen LogP contribution in [0, 0.1) is 0 Å². The summed E-state index contributed by atoms with van der Waals surface area (Å²) in [5.41, 5.74) is 0. The first-order valence-corrected chi connectivity index (χ1v) is 26.7. The monoisotopic (exact) mass is 444 g/mol. The predicted molar refractivity (Wildman–Crippen MR) is 124 cm³/mol. The maximum absolute atomic E-state index is 5.90. The van der Waals surface area contributed by atoms with Crippen LogP contribution >= 0.6 is 0 Å². The van der Waals surface area contributed by atoms with Gasteiger partial charge in [0.1, 0.15) is 0 Å². The van der Waals surface area contributed by atoms with E-state index in [1.165, 1.54) is 0 Å². The van der Waals surface area contributed by atoms with Crippen molar-refractivity contribution in [2.45, 2.75) is 91.7 Å². The molecule has 0 heterocycles. The summed E-state index contributed by atoms with van der Waals surface area (Å²) in [7, 11) is -8.10. The van der Waals surface area contributed by atoms with Gasteiger partial charge in [0, 0.05) is 0 Å². The Bertz CT molecular complexity index is 275. The van der Waals surface area contributed by atoms with E-state index in [1.54, 1.807) is 0 Å². The summed E-state index contributed by atoms with van der Waals surface area (Å²) in [5, 5.41) is 0. The van der Waals surface area contributed by atoms with E-state index in [9.17, 15) is 0 Å². The van der Waals surface area contributed by atoms with E-state index < -0.39 is 51.8 Å². The third kappa shape index (κ3) is 25.4. The zero-order valence-electron chi connectivity index (χ0n) is 18.8. The van der Waals surface area contributed by atoms with Crippen molar-refractivity contribution in [3.05, 3.63) is 0 Å². The lowest BCUT2D eigenvalue weighted by molar-refractivity contribution is 0.426. The smallest absolute Gasteiger partial charge is 0.297 e. The van der Waals surface area contributed by atoms with Crippen molar-refractivity contribution in [3.63, 3.8) is 0 Å². The largest absolute Gasteiger partial charge is 0.439 e. The number of rotatable bonds is 8. The molecule has 4 nitrogen and oxygen atoms in total. The Morgan fingerprint density at radius 1 is 0.375 bits per heavy atom. The molecule has 0 unspecified atom stereocenters. The summed E-state index contributed by atoms with van der Waals surface area (Å²) in [4.78, 5) is 0. The fraction of sp³-hybridized carbons (Fsp3) is 1.00. The normalized spacial score (nSPS) is 14.0. The van der Waals surface area contributed by atoms with Crippen LogP contribution in [0.2, 0.25) is 91.7 Å². The van der Waals surface area contributed by atoms with E-state index in [-0.39, 0.29) is 0 Å². The average molecular weight is 445 g/mol. The SMILES string of the molecule is C[SiH](O[Si](C)(C)C)O[Si](C)(C)C.C[SiH](O[Si](C)(C)C)O[Si](C)(C)C. The molecule has 24 heavy (non-hydrogen) atoms. The van der Waals surface area contributed by atoms with Crippen LogP contribution in [0.3, 0.4) is 0 Å². The number of hydrogen-bond acceptors (Lipinski definition) is 4. The first-order valence-electron chi connectivity index (χ1n) is 8.91. The van der Waals surface area contributed by atoms with Crippen LogP contribution in [0.25, 0.3) is 0 Å². The molecule has 0 aromatic carbocycles. The van der Waals surface area contributed by atoms with Crippen LogP contribution in [0.15, 0.2) is 0 Å². The van der Waals surface area contributed by atoms with Gasteiger partial charge in [0.15, 0.2) is 33.3 Å². The van der Waals surface area contributed by atoms with Gasteiger partial charge in [-0.1, -0.05) is 0 Å². The minimum atomic E-state index is -1.36. The van der Waals surface area contributed by atoms with E-state index in [2.05, 4.69) is 91.7 Å². The standard InChI is InChI=1S/2C7H22O2Si3/c2*1-10(8-11(2,3)4)9-12(5,6)7/h2*10H,1-7H3. The Morgan fingerprint density at radius 2 is 0.500 bits per heavy atom. The molecule has 148 valence electrons. The van der Waals surface area contributed by atoms with Crippen molar-refractivity contribution in [1.29, 1.82) is 0 Å². The quantitative estimate of drug-likeness (QED) is 0.489. The molecule has 0 aliphatic carbocycles. The Hall–Kier alpha value is 1.14. The third-order valence-corrected chi connectivity index (χ3v) is 18.7. The molecule has 0 amide bonds. The summed E-state index contributed by atoms with van der Waals surface area (Å²) < 4.78 is 23.6. The van der Waals surface area contributed by atoms with Gasteiger partial charge < -0.3 is 16.5 Å². The summed E-state index contributed by atoms with van der Waals surface area (Å²) in [5.74, 6) is 0. The molecular formula is C14H44O4Si6. The van der Waals surface area contributed by atoms with E-state index >= 15 is 0 Å². The Balaban J connectivity index is 0. The van der Waals surface area contributed by atoms with Gasteiger partial charge in [-0.25, -0.2) is 0 Å². The van der Waals surface area contributed by atoms with Crippen LogP contribution < -0.4 is 0 Å². The van der Waals surface area contributed by atoms with Crippen molar-refractivity contribution in [1.82, 2.24) is 0 Å². The van der Waals surface area contributed by atoms with Crippen LogP contribution in [0.1, 0.15) is 0 Å². The zero-order valence-corrected chi connectivity index (χ0v) is 25.1. The van der Waals surface area contributed by atoms with Gasteiger partial charge >= 0.3 is 0 Å². The summed E-state index contributed by atoms with van der Waals surface area (Å²) >= 11 is 0. The first-order chi connectivity index (χ1) is 10.2. The first kappa shape index (κ1) is 27.4. The molecule has 10 heteroatoms. The highest BCUT2D eigenvalue weighted by Crippen LogP contribution is 2.11. The second-order valence-corrected chi connectivity index (χ2v) is 33.0. The fourth-order valence-electron chi connectivity index (χ4n) is 2.04. The van der Waals surface area contributed by atoms with Crippen molar-refractivity contribution in [3.8, 4) is 0 Å². The third-order valence-electron chi connectivity index (χ3n) is 2.08. The second kappa shape index (κ2) is 10.5. The second-order valence-electron chi connectivity index (χ2n) is 10.1. The van der Waals surface area contributed by atoms with Gasteiger partial charge in [-0.15, -0.1) is 0 Å². The highest BCUT2D eigenvalue weighted by Gasteiger charge is 2.25. The topological polar surface area (TPSA) is 36.9 Å². The van der Waals surface area contributed by atoms with Crippen LogP contribution in [0.4, 0.5) is 0 Å². The molecule has 0 aliphatic heterocycles. The van der Waals surface area contributed by atoms with Gasteiger partial charge in [-0.2, -0.15) is 0 Å². The number of hydrogen-bond donors (Lipinski definition) is 0. The van der Waals surface area contributed by atoms with E-state index in [4.69, 9.17) is 16.5 Å². The van der Waals surface area contributed by atoms with Crippen LogP contribution in [-0.2, 0) is 16.5 Å². The van der Waals surface area contributed by atoms with Crippen molar-refractivity contribution in [2.24, 2.45) is 0 Å². The summed E-state index contributed by atoms with van der Waals surface area (Å²) in [6, 6.07) is 0. The molecule has 0 saturated carbocycles. The molecule has 0 rings (SSSR count). The average Bonchev–Trinajstić information content (AvgIpc) is 2.02. The lowest BCUT2D eigenvalue weighted by Gasteiger charge is -2.28. The molecule has 0 fully saturated rings. The minimum absolute atomic E-state index is 1.33. The van der Waals surface area contributed by atoms with Crippen LogP contribution in [0.5, 0.6) is 0 Å². The summed E-state index contributed by atoms with van der Waals surface area (Å²) in [6.45, 7) is 30.8. The van der Waals surface area contributed by atoms with E-state index in [1.807, 2.05) is 0 Å². The Kier molecular flexibility index (Phi) is 11.9. The van der Waals surface area contributed by atoms with E-state index in [0.29, 0.717) is 0 Å². The van der Waals surface area contributed by atoms with Gasteiger partial charge in [0.25, 0.3) is 18.6 Å². The van der Waals surface area contributed by atoms with Crippen LogP contribution in [-0.4, -0.2) is 51.8 Å². The fourth-order valence-corrected chi connectivity index (χ4v) is 19.2. The molecular weight excluding hydrogens is 401 g/mol. The Morgan fingerprint density at radius 3 is 0.583 bits per heavy atom. The maximum Gasteiger partial charge on any atom is 0.297 e. The zero-order chi connectivity index (χ0) is 20.0. The lowest BCUT2D eigenvalue weighted by atomic mass is 11.8. The van der Waals surface area contributed by atoms with Gasteiger partial charge in [-0.05, 0) is 91.7 Å². The highest BCUT2D eigenvalue weighted by atomic mass is 28.5. The molecule has 0 N–H and O–H groups in total. The molecule has 0 aliphatic rings. The molecule has 0 aromatic heterocycles. The maximum atomic E-state index is 5.90. The van der Waals surface area contributed by atoms with Gasteiger partial charge in [0.2, 0.25) is 0 Å². The molecule has 0 spiro atoms. The highest BCUT2D eigenvalue weighted by molar-refractivity contribution is 6.81. The molecule has 0 bridgehead atoms. The van der Waals surface area contributed by atoms with Gasteiger partial charge in [0.05, 0.1) is 0 Å². The predicted octanol–water partition coefficient (Wildman–Crippen LogP) is 5.08. The molecule has 0 saturated heterocycles. The van der Waals surface area contributed by atoms with Gasteiger partial charge in [-0.3, -0.25) is 0 Å². The lowest BCUT2D eigenvalue weighted by Crippen LogP contribution is -2.41. The van der Waals surface area contributed by atoms with Crippen molar-refractivity contribution in [2.75, 3.05) is 0 Å². The van der Waals surface area contributed by atoms with Crippen molar-refractivity contribution >= 4 is 51.8 Å². The molecule has 0 aromatic rings. The Labute approximate surface area is 159 Å². The van der Waals surface area contributed by atoms with Crippen molar-refractivity contribution < 1.29 is 16.5 Å². The molecule has 0 atom stereocenters. The molecule has 0 radical (unpaired) electrons. The van der Waals surface area contributed by atoms with E-state index in [0.717, 1.165) is 0 Å². The minimum Gasteiger partial charge on any atom is -0.439 e. The summed E-state index contributed by atoms with van der Waals surface area (Å²) in [6.07, 6.45) is 0.